The molecular weight excluding hydrogens is 146 g/mol. The first-order valence-electron chi connectivity index (χ1n) is 5.04. The quantitative estimate of drug-likeness (QED) is 0.585. The van der Waals surface area contributed by atoms with Crippen LogP contribution in [0.1, 0.15) is 40.0 Å². The van der Waals surface area contributed by atoms with Gasteiger partial charge >= 0.3 is 0 Å². The van der Waals surface area contributed by atoms with E-state index in [2.05, 4.69) is 26.8 Å². The Kier molecular flexibility index (Phi) is 3.14. The molecule has 4 unspecified atom stereocenters. The van der Waals surface area contributed by atoms with Crippen molar-refractivity contribution < 1.29 is 0 Å². The summed E-state index contributed by atoms with van der Waals surface area (Å²) in [7, 11) is 0. The Hall–Kier alpha value is -0.510. The van der Waals surface area contributed by atoms with Crippen LogP contribution in [0.15, 0.2) is 0 Å². The van der Waals surface area contributed by atoms with Gasteiger partial charge in [-0.15, -0.1) is 0 Å². The third kappa shape index (κ3) is 2.00. The molecule has 0 aromatic heterocycles. The molecule has 0 radical (unpaired) electrons. The molecule has 1 aliphatic carbocycles. The van der Waals surface area contributed by atoms with E-state index < -0.39 is 0 Å². The predicted octanol–water partition coefficient (Wildman–Crippen LogP) is 3.22. The van der Waals surface area contributed by atoms with Crippen LogP contribution in [0.5, 0.6) is 0 Å². The first kappa shape index (κ1) is 9.58. The number of hydrogen-bond acceptors (Lipinski definition) is 1. The molecule has 1 nitrogen and oxygen atoms in total. The first-order valence-corrected chi connectivity index (χ1v) is 5.04. The number of nitrogens with zero attached hydrogens (tertiary/aromatic N) is 1. The Morgan fingerprint density at radius 1 is 1.33 bits per heavy atom. The van der Waals surface area contributed by atoms with Crippen molar-refractivity contribution in [1.29, 1.82) is 5.26 Å². The van der Waals surface area contributed by atoms with Gasteiger partial charge in [0, 0.05) is 5.92 Å². The van der Waals surface area contributed by atoms with Gasteiger partial charge in [0.05, 0.1) is 6.07 Å². The molecule has 0 N–H and O–H groups in total. The number of nitriles is 1. The van der Waals surface area contributed by atoms with Crippen LogP contribution in [0.3, 0.4) is 0 Å². The standard InChI is InChI=1S/C11H19N/c1-8-4-5-11(9(2)6-8)10(3)7-12/h8-11H,4-6H2,1-3H3. The maximum absolute atomic E-state index is 8.82. The second-order valence-electron chi connectivity index (χ2n) is 4.48. The fourth-order valence-electron chi connectivity index (χ4n) is 2.53. The molecular formula is C11H19N. The summed E-state index contributed by atoms with van der Waals surface area (Å²) in [4.78, 5) is 0. The Labute approximate surface area is 75.8 Å². The van der Waals surface area contributed by atoms with Gasteiger partial charge in [-0.3, -0.25) is 0 Å². The monoisotopic (exact) mass is 165 g/mol. The lowest BCUT2D eigenvalue weighted by atomic mass is 9.71. The van der Waals surface area contributed by atoms with Crippen molar-refractivity contribution in [1.82, 2.24) is 0 Å². The molecule has 1 saturated carbocycles. The summed E-state index contributed by atoms with van der Waals surface area (Å²) in [5.41, 5.74) is 0. The van der Waals surface area contributed by atoms with Crippen molar-refractivity contribution in [2.24, 2.45) is 23.7 Å². The van der Waals surface area contributed by atoms with E-state index >= 15 is 0 Å². The van der Waals surface area contributed by atoms with Gasteiger partial charge < -0.3 is 0 Å². The highest BCUT2D eigenvalue weighted by Crippen LogP contribution is 2.37. The molecule has 1 aliphatic rings. The minimum atomic E-state index is 0.257. The van der Waals surface area contributed by atoms with E-state index in [9.17, 15) is 0 Å². The summed E-state index contributed by atoms with van der Waals surface area (Å²) in [5, 5.41) is 8.82. The van der Waals surface area contributed by atoms with Crippen LogP contribution in [0.25, 0.3) is 0 Å². The van der Waals surface area contributed by atoms with E-state index in [0.717, 1.165) is 11.8 Å². The van der Waals surface area contributed by atoms with Crippen molar-refractivity contribution >= 4 is 0 Å². The summed E-state index contributed by atoms with van der Waals surface area (Å²) in [5.74, 6) is 2.55. The molecule has 0 saturated heterocycles. The van der Waals surface area contributed by atoms with E-state index in [1.54, 1.807) is 0 Å². The SMILES string of the molecule is CC1CCC(C(C)C#N)C(C)C1. The maximum Gasteiger partial charge on any atom is 0.0655 e. The maximum atomic E-state index is 8.82. The molecule has 0 amide bonds. The predicted molar refractivity (Wildman–Crippen MR) is 50.4 cm³/mol. The third-order valence-electron chi connectivity index (χ3n) is 3.34. The van der Waals surface area contributed by atoms with E-state index in [1.165, 1.54) is 19.3 Å². The zero-order valence-corrected chi connectivity index (χ0v) is 8.38. The van der Waals surface area contributed by atoms with Gasteiger partial charge in [0.15, 0.2) is 0 Å². The van der Waals surface area contributed by atoms with Gasteiger partial charge in [-0.1, -0.05) is 20.3 Å². The van der Waals surface area contributed by atoms with Crippen LogP contribution in [-0.4, -0.2) is 0 Å². The second kappa shape index (κ2) is 3.94. The molecule has 0 heterocycles. The van der Waals surface area contributed by atoms with Crippen molar-refractivity contribution in [3.05, 3.63) is 0 Å². The molecule has 0 aromatic rings. The lowest BCUT2D eigenvalue weighted by Gasteiger charge is -2.33. The molecule has 0 aliphatic heterocycles. The van der Waals surface area contributed by atoms with E-state index in [1.807, 2.05) is 0 Å². The minimum absolute atomic E-state index is 0.257. The first-order chi connectivity index (χ1) is 5.65. The summed E-state index contributed by atoms with van der Waals surface area (Å²) in [6.45, 7) is 6.69. The van der Waals surface area contributed by atoms with Crippen LogP contribution in [0.2, 0.25) is 0 Å². The number of hydrogen-bond donors (Lipinski definition) is 0. The Bertz CT molecular complexity index is 180. The Morgan fingerprint density at radius 2 is 2.00 bits per heavy atom. The molecule has 1 heteroatoms. The summed E-state index contributed by atoms with van der Waals surface area (Å²) in [6, 6.07) is 2.38. The molecule has 1 fully saturated rings. The zero-order valence-electron chi connectivity index (χ0n) is 8.38. The van der Waals surface area contributed by atoms with Crippen LogP contribution in [0, 0.1) is 35.0 Å². The average Bonchev–Trinajstić information content (AvgIpc) is 2.03. The van der Waals surface area contributed by atoms with Crippen LogP contribution < -0.4 is 0 Å². The zero-order chi connectivity index (χ0) is 9.14. The van der Waals surface area contributed by atoms with Crippen LogP contribution in [-0.2, 0) is 0 Å². The smallest absolute Gasteiger partial charge is 0.0655 e. The van der Waals surface area contributed by atoms with Gasteiger partial charge in [-0.05, 0) is 37.5 Å². The molecule has 0 bridgehead atoms. The van der Waals surface area contributed by atoms with E-state index in [4.69, 9.17) is 5.26 Å². The normalized spacial score (nSPS) is 38.7. The van der Waals surface area contributed by atoms with E-state index in [-0.39, 0.29) is 5.92 Å². The fraction of sp³-hybridized carbons (Fsp3) is 0.909. The fourth-order valence-corrected chi connectivity index (χ4v) is 2.53. The molecule has 68 valence electrons. The van der Waals surface area contributed by atoms with Crippen molar-refractivity contribution in [3.63, 3.8) is 0 Å². The summed E-state index contributed by atoms with van der Waals surface area (Å²) < 4.78 is 0. The minimum Gasteiger partial charge on any atom is -0.198 e. The van der Waals surface area contributed by atoms with Gasteiger partial charge in [-0.2, -0.15) is 5.26 Å². The van der Waals surface area contributed by atoms with Gasteiger partial charge in [0.1, 0.15) is 0 Å². The van der Waals surface area contributed by atoms with Crippen molar-refractivity contribution in [2.45, 2.75) is 40.0 Å². The summed E-state index contributed by atoms with van der Waals surface area (Å²) >= 11 is 0. The Morgan fingerprint density at radius 3 is 2.50 bits per heavy atom. The lowest BCUT2D eigenvalue weighted by molar-refractivity contribution is 0.173. The molecule has 12 heavy (non-hydrogen) atoms. The van der Waals surface area contributed by atoms with Crippen LogP contribution >= 0.6 is 0 Å². The highest BCUT2D eigenvalue weighted by Gasteiger charge is 2.28. The van der Waals surface area contributed by atoms with E-state index in [0.29, 0.717) is 5.92 Å². The summed E-state index contributed by atoms with van der Waals surface area (Å²) in [6.07, 6.45) is 3.90. The largest absolute Gasteiger partial charge is 0.198 e. The number of rotatable bonds is 1. The van der Waals surface area contributed by atoms with Crippen LogP contribution in [0.4, 0.5) is 0 Å². The highest BCUT2D eigenvalue weighted by atomic mass is 14.4. The second-order valence-corrected chi connectivity index (χ2v) is 4.48. The Balaban J connectivity index is 2.51. The van der Waals surface area contributed by atoms with Crippen molar-refractivity contribution in [3.8, 4) is 6.07 Å². The van der Waals surface area contributed by atoms with Gasteiger partial charge in [0.25, 0.3) is 0 Å². The molecule has 1 rings (SSSR count). The topological polar surface area (TPSA) is 23.8 Å². The molecule has 0 spiro atoms. The highest BCUT2D eigenvalue weighted by molar-refractivity contribution is 4.89. The molecule has 0 aromatic carbocycles. The van der Waals surface area contributed by atoms with Crippen molar-refractivity contribution in [2.75, 3.05) is 0 Å². The average molecular weight is 165 g/mol. The van der Waals surface area contributed by atoms with Gasteiger partial charge in [0.2, 0.25) is 0 Å². The molecule has 4 atom stereocenters. The lowest BCUT2D eigenvalue weighted by Crippen LogP contribution is -2.25. The third-order valence-corrected chi connectivity index (χ3v) is 3.34. The van der Waals surface area contributed by atoms with Gasteiger partial charge in [-0.25, -0.2) is 0 Å².